The number of carbonyl (C=O) groups is 1. The average Bonchev–Trinajstić information content (AvgIpc) is 3.01. The van der Waals surface area contributed by atoms with Gasteiger partial charge in [0.1, 0.15) is 6.54 Å². The minimum absolute atomic E-state index is 0.0390. The molecule has 1 N–H and O–H groups in total. The van der Waals surface area contributed by atoms with Crippen LogP contribution in [0.25, 0.3) is 0 Å². The minimum atomic E-state index is -0.159. The first-order valence-corrected chi connectivity index (χ1v) is 8.94. The number of aliphatic hydroxyl groups is 1. The lowest BCUT2D eigenvalue weighted by Gasteiger charge is -2.30. The molecule has 1 amide bonds. The van der Waals surface area contributed by atoms with E-state index in [1.807, 2.05) is 4.90 Å². The van der Waals surface area contributed by atoms with Gasteiger partial charge in [0.2, 0.25) is 5.91 Å². The lowest BCUT2D eigenvalue weighted by atomic mass is 9.95. The van der Waals surface area contributed by atoms with Crippen molar-refractivity contribution in [3.05, 3.63) is 34.7 Å². The lowest BCUT2D eigenvalue weighted by Crippen LogP contribution is -2.38. The predicted molar refractivity (Wildman–Crippen MR) is 91.6 cm³/mol. The molecule has 0 unspecified atom stereocenters. The molecule has 0 saturated carbocycles. The predicted octanol–water partition coefficient (Wildman–Crippen LogP) is 0.401. The van der Waals surface area contributed by atoms with E-state index in [0.29, 0.717) is 19.0 Å². The maximum atomic E-state index is 12.5. The largest absolute Gasteiger partial charge is 0.396 e. The van der Waals surface area contributed by atoms with Crippen molar-refractivity contribution in [1.29, 1.82) is 0 Å². The van der Waals surface area contributed by atoms with Crippen LogP contribution in [0.3, 0.4) is 0 Å². The Bertz CT molecular complexity index is 610. The Labute approximate surface area is 142 Å². The van der Waals surface area contributed by atoms with Crippen molar-refractivity contribution in [2.75, 3.05) is 39.3 Å². The first-order valence-electron chi connectivity index (χ1n) is 8.94. The average molecular weight is 333 g/mol. The zero-order valence-electron chi connectivity index (χ0n) is 14.1. The van der Waals surface area contributed by atoms with Crippen LogP contribution >= 0.6 is 0 Å². The van der Waals surface area contributed by atoms with Gasteiger partial charge < -0.3 is 19.5 Å². The van der Waals surface area contributed by atoms with Crippen molar-refractivity contribution >= 4 is 5.91 Å². The molecule has 0 aromatic carbocycles. The molecular weight excluding hydrogens is 306 g/mol. The van der Waals surface area contributed by atoms with Gasteiger partial charge in [0.15, 0.2) is 0 Å². The smallest absolute Gasteiger partial charge is 0.250 e. The number of hydrogen-bond donors (Lipinski definition) is 1. The third-order valence-electron chi connectivity index (χ3n) is 5.31. The van der Waals surface area contributed by atoms with Crippen LogP contribution in [0.4, 0.5) is 0 Å². The van der Waals surface area contributed by atoms with Crippen LogP contribution in [0.1, 0.15) is 19.3 Å². The zero-order chi connectivity index (χ0) is 16.9. The second kappa shape index (κ2) is 7.94. The van der Waals surface area contributed by atoms with Crippen LogP contribution in [-0.4, -0.2) is 64.7 Å². The summed E-state index contributed by atoms with van der Waals surface area (Å²) in [6.45, 7) is 4.68. The Balaban J connectivity index is 1.59. The van der Waals surface area contributed by atoms with E-state index < -0.39 is 0 Å². The summed E-state index contributed by atoms with van der Waals surface area (Å²) in [6.07, 6.45) is 5.44. The fraction of sp³-hybridized carbons (Fsp3) is 0.667. The number of aliphatic hydroxyl groups excluding tert-OH is 1. The summed E-state index contributed by atoms with van der Waals surface area (Å²) < 4.78 is 1.44. The van der Waals surface area contributed by atoms with E-state index in [2.05, 4.69) is 4.90 Å². The number of carbonyl (C=O) groups excluding carboxylic acids is 1. The van der Waals surface area contributed by atoms with Crippen molar-refractivity contribution in [2.45, 2.75) is 25.8 Å². The van der Waals surface area contributed by atoms with E-state index in [4.69, 9.17) is 0 Å². The quantitative estimate of drug-likeness (QED) is 0.847. The second-order valence-electron chi connectivity index (χ2n) is 7.03. The number of nitrogens with zero attached hydrogens (tertiary/aromatic N) is 3. The highest BCUT2D eigenvalue weighted by molar-refractivity contribution is 5.76. The van der Waals surface area contributed by atoms with Gasteiger partial charge in [0.05, 0.1) is 0 Å². The Kier molecular flexibility index (Phi) is 5.68. The highest BCUT2D eigenvalue weighted by Crippen LogP contribution is 2.25. The SMILES string of the molecule is O=C(Cn1ccccc1=O)N1C[C@@H](CN2CCCCC2)[C@@H](CO)C1. The normalized spacial score (nSPS) is 25.1. The number of amides is 1. The summed E-state index contributed by atoms with van der Waals surface area (Å²) in [5.74, 6) is 0.427. The third kappa shape index (κ3) is 4.05. The summed E-state index contributed by atoms with van der Waals surface area (Å²) in [5, 5.41) is 9.69. The van der Waals surface area contributed by atoms with Gasteiger partial charge in [-0.3, -0.25) is 9.59 Å². The molecule has 132 valence electrons. The number of rotatable bonds is 5. The molecule has 0 spiro atoms. The monoisotopic (exact) mass is 333 g/mol. The van der Waals surface area contributed by atoms with Gasteiger partial charge in [-0.05, 0) is 37.9 Å². The topological polar surface area (TPSA) is 65.8 Å². The molecule has 2 aliphatic heterocycles. The van der Waals surface area contributed by atoms with Crippen LogP contribution in [0.5, 0.6) is 0 Å². The number of aromatic nitrogens is 1. The molecule has 2 fully saturated rings. The van der Waals surface area contributed by atoms with Gasteiger partial charge in [-0.1, -0.05) is 12.5 Å². The summed E-state index contributed by atoms with van der Waals surface area (Å²) in [5.41, 5.74) is -0.159. The van der Waals surface area contributed by atoms with Crippen molar-refractivity contribution in [2.24, 2.45) is 11.8 Å². The number of likely N-dealkylation sites (tertiary alicyclic amines) is 2. The summed E-state index contributed by atoms with van der Waals surface area (Å²) in [4.78, 5) is 28.6. The van der Waals surface area contributed by atoms with Crippen LogP contribution < -0.4 is 5.56 Å². The summed E-state index contributed by atoms with van der Waals surface area (Å²) >= 11 is 0. The molecule has 0 bridgehead atoms. The second-order valence-corrected chi connectivity index (χ2v) is 7.03. The van der Waals surface area contributed by atoms with E-state index in [1.165, 1.54) is 29.9 Å². The molecule has 3 heterocycles. The zero-order valence-corrected chi connectivity index (χ0v) is 14.1. The molecule has 2 atom stereocenters. The molecule has 1 aromatic rings. The van der Waals surface area contributed by atoms with Crippen LogP contribution in [-0.2, 0) is 11.3 Å². The molecule has 3 rings (SSSR count). The van der Waals surface area contributed by atoms with Crippen molar-refractivity contribution in [1.82, 2.24) is 14.4 Å². The Morgan fingerprint density at radius 1 is 1.12 bits per heavy atom. The molecule has 0 radical (unpaired) electrons. The van der Waals surface area contributed by atoms with Crippen molar-refractivity contribution in [3.63, 3.8) is 0 Å². The molecule has 6 nitrogen and oxygen atoms in total. The van der Waals surface area contributed by atoms with Gasteiger partial charge in [-0.2, -0.15) is 0 Å². The van der Waals surface area contributed by atoms with Crippen molar-refractivity contribution < 1.29 is 9.90 Å². The molecule has 6 heteroatoms. The number of pyridine rings is 1. The first-order chi connectivity index (χ1) is 11.7. The maximum Gasteiger partial charge on any atom is 0.250 e. The maximum absolute atomic E-state index is 12.5. The Morgan fingerprint density at radius 3 is 2.58 bits per heavy atom. The minimum Gasteiger partial charge on any atom is -0.396 e. The molecule has 2 saturated heterocycles. The van der Waals surface area contributed by atoms with E-state index in [1.54, 1.807) is 18.3 Å². The van der Waals surface area contributed by atoms with Gasteiger partial charge in [-0.25, -0.2) is 0 Å². The Hall–Kier alpha value is -1.66. The van der Waals surface area contributed by atoms with Gasteiger partial charge in [0, 0.05) is 44.4 Å². The lowest BCUT2D eigenvalue weighted by molar-refractivity contribution is -0.131. The van der Waals surface area contributed by atoms with Crippen LogP contribution in [0.15, 0.2) is 29.2 Å². The fourth-order valence-corrected chi connectivity index (χ4v) is 3.87. The molecular formula is C18H27N3O3. The Morgan fingerprint density at radius 2 is 1.88 bits per heavy atom. The summed E-state index contributed by atoms with van der Waals surface area (Å²) in [6, 6.07) is 4.90. The summed E-state index contributed by atoms with van der Waals surface area (Å²) in [7, 11) is 0. The van der Waals surface area contributed by atoms with E-state index >= 15 is 0 Å². The highest BCUT2D eigenvalue weighted by Gasteiger charge is 2.35. The molecule has 0 aliphatic carbocycles. The molecule has 1 aromatic heterocycles. The fourth-order valence-electron chi connectivity index (χ4n) is 3.87. The van der Waals surface area contributed by atoms with E-state index in [9.17, 15) is 14.7 Å². The third-order valence-corrected chi connectivity index (χ3v) is 5.31. The molecule has 2 aliphatic rings. The van der Waals surface area contributed by atoms with E-state index in [-0.39, 0.29) is 30.5 Å². The van der Waals surface area contributed by atoms with Crippen LogP contribution in [0.2, 0.25) is 0 Å². The van der Waals surface area contributed by atoms with Gasteiger partial charge in [0.25, 0.3) is 5.56 Å². The van der Waals surface area contributed by atoms with Gasteiger partial charge >= 0.3 is 0 Å². The standard InChI is InChI=1S/C18H27N3O3/c22-14-16-12-21(11-15(16)10-19-7-3-1-4-8-19)18(24)13-20-9-5-2-6-17(20)23/h2,5-6,9,15-16,22H,1,3-4,7-8,10-14H2/t15-,16-/m1/s1. The number of piperidine rings is 1. The van der Waals surface area contributed by atoms with E-state index in [0.717, 1.165) is 19.6 Å². The van der Waals surface area contributed by atoms with Crippen LogP contribution in [0, 0.1) is 11.8 Å². The van der Waals surface area contributed by atoms with Crippen molar-refractivity contribution in [3.8, 4) is 0 Å². The number of hydrogen-bond acceptors (Lipinski definition) is 4. The molecule has 24 heavy (non-hydrogen) atoms. The van der Waals surface area contributed by atoms with Gasteiger partial charge in [-0.15, -0.1) is 0 Å². The first kappa shape index (κ1) is 17.2. The highest BCUT2D eigenvalue weighted by atomic mass is 16.3.